The highest BCUT2D eigenvalue weighted by Crippen LogP contribution is 2.03. The highest BCUT2D eigenvalue weighted by atomic mass is 16.5. The maximum absolute atomic E-state index is 11.3. The molecule has 5 heteroatoms. The Hall–Kier alpha value is -2.17. The summed E-state index contributed by atoms with van der Waals surface area (Å²) in [5.41, 5.74) is 1.22. The molecule has 0 heterocycles. The number of hydrogen-bond acceptors (Lipinski definition) is 4. The Morgan fingerprint density at radius 3 is 2.56 bits per heavy atom. The molecule has 1 rings (SSSR count). The highest BCUT2D eigenvalue weighted by molar-refractivity contribution is 6.09. The lowest BCUT2D eigenvalue weighted by Crippen LogP contribution is -2.11. The summed E-state index contributed by atoms with van der Waals surface area (Å²) in [5.74, 6) is -0.165. The van der Waals surface area contributed by atoms with Crippen molar-refractivity contribution in [3.8, 4) is 0 Å². The smallest absolute Gasteiger partial charge is 0.311 e. The minimum atomic E-state index is -0.343. The zero-order valence-electron chi connectivity index (χ0n) is 10.5. The number of hydrogen-bond donors (Lipinski definition) is 1. The van der Waals surface area contributed by atoms with Gasteiger partial charge in [-0.2, -0.15) is 0 Å². The number of esters is 1. The average Bonchev–Trinajstić information content (AvgIpc) is 2.37. The van der Waals surface area contributed by atoms with E-state index in [2.05, 4.69) is 10.1 Å². The summed E-state index contributed by atoms with van der Waals surface area (Å²) in [6.45, 7) is 3.77. The molecule has 0 saturated heterocycles. The third-order valence-electron chi connectivity index (χ3n) is 2.13. The summed E-state index contributed by atoms with van der Waals surface area (Å²) in [4.78, 5) is 15.4. The number of rotatable bonds is 4. The van der Waals surface area contributed by atoms with Crippen molar-refractivity contribution in [3.63, 3.8) is 0 Å². The molecule has 0 aliphatic heterocycles. The molecule has 96 valence electrons. The molecule has 0 aromatic heterocycles. The van der Waals surface area contributed by atoms with E-state index in [0.29, 0.717) is 17.9 Å². The zero-order valence-corrected chi connectivity index (χ0v) is 10.5. The zero-order chi connectivity index (χ0) is 13.4. The van der Waals surface area contributed by atoms with Crippen LogP contribution in [0.3, 0.4) is 0 Å². The van der Waals surface area contributed by atoms with Gasteiger partial charge in [0.25, 0.3) is 0 Å². The van der Waals surface area contributed by atoms with Gasteiger partial charge in [0.15, 0.2) is 5.84 Å². The third-order valence-corrected chi connectivity index (χ3v) is 2.13. The Morgan fingerprint density at radius 1 is 1.33 bits per heavy atom. The standard InChI is InChI=1S/C13H16N2O3/c1-3-18-12(16)9-10(2)14-13(15-17)11-7-5-4-6-8-11/h4-8,17H,3,9H2,1-2H3/b14-10?,15-13-. The molecule has 0 spiro atoms. The molecule has 0 bridgehead atoms. The number of oxime groups is 1. The molecular weight excluding hydrogens is 232 g/mol. The lowest BCUT2D eigenvalue weighted by molar-refractivity contribution is -0.141. The summed E-state index contributed by atoms with van der Waals surface area (Å²) in [6, 6.07) is 9.04. The molecule has 0 aliphatic carbocycles. The van der Waals surface area contributed by atoms with Crippen molar-refractivity contribution in [2.45, 2.75) is 20.3 Å². The second-order valence-corrected chi connectivity index (χ2v) is 3.62. The van der Waals surface area contributed by atoms with Crippen molar-refractivity contribution in [1.29, 1.82) is 0 Å². The topological polar surface area (TPSA) is 71.2 Å². The van der Waals surface area contributed by atoms with E-state index in [9.17, 15) is 4.79 Å². The lowest BCUT2D eigenvalue weighted by Gasteiger charge is -2.03. The molecule has 0 saturated carbocycles. The van der Waals surface area contributed by atoms with Crippen molar-refractivity contribution in [2.75, 3.05) is 6.61 Å². The summed E-state index contributed by atoms with van der Waals surface area (Å²) in [6.07, 6.45) is 0.0830. The second kappa shape index (κ2) is 7.21. The van der Waals surface area contributed by atoms with E-state index >= 15 is 0 Å². The number of ether oxygens (including phenoxy) is 1. The van der Waals surface area contributed by atoms with Crippen molar-refractivity contribution in [1.82, 2.24) is 0 Å². The first-order valence-electron chi connectivity index (χ1n) is 5.64. The van der Waals surface area contributed by atoms with Crippen molar-refractivity contribution in [2.24, 2.45) is 10.1 Å². The largest absolute Gasteiger partial charge is 0.466 e. The van der Waals surface area contributed by atoms with Gasteiger partial charge in [0.1, 0.15) is 0 Å². The van der Waals surface area contributed by atoms with Gasteiger partial charge in [-0.1, -0.05) is 35.5 Å². The maximum Gasteiger partial charge on any atom is 0.311 e. The van der Waals surface area contributed by atoms with Crippen LogP contribution < -0.4 is 0 Å². The van der Waals surface area contributed by atoms with E-state index in [0.717, 1.165) is 0 Å². The van der Waals surface area contributed by atoms with Crippen LogP contribution in [0.1, 0.15) is 25.8 Å². The van der Waals surface area contributed by atoms with Crippen LogP contribution in [0.4, 0.5) is 0 Å². The van der Waals surface area contributed by atoms with Crippen LogP contribution in [0.2, 0.25) is 0 Å². The summed E-state index contributed by atoms with van der Waals surface area (Å²) in [7, 11) is 0. The molecule has 1 aromatic rings. The Labute approximate surface area is 106 Å². The molecule has 0 radical (unpaired) electrons. The van der Waals surface area contributed by atoms with Gasteiger partial charge in [0.05, 0.1) is 13.0 Å². The normalized spacial score (nSPS) is 12.3. The quantitative estimate of drug-likeness (QED) is 0.292. The predicted octanol–water partition coefficient (Wildman–Crippen LogP) is 2.24. The number of carbonyl (C=O) groups excluding carboxylic acids is 1. The van der Waals surface area contributed by atoms with E-state index in [4.69, 9.17) is 9.94 Å². The fourth-order valence-electron chi connectivity index (χ4n) is 1.37. The van der Waals surface area contributed by atoms with Gasteiger partial charge < -0.3 is 9.94 Å². The van der Waals surface area contributed by atoms with E-state index in [1.54, 1.807) is 26.0 Å². The molecule has 0 unspecified atom stereocenters. The van der Waals surface area contributed by atoms with E-state index < -0.39 is 0 Å². The van der Waals surface area contributed by atoms with Crippen LogP contribution in [0.5, 0.6) is 0 Å². The molecule has 0 aliphatic rings. The fraction of sp³-hybridized carbons (Fsp3) is 0.308. The van der Waals surface area contributed by atoms with Gasteiger partial charge in [0, 0.05) is 11.3 Å². The third kappa shape index (κ3) is 4.37. The van der Waals surface area contributed by atoms with Crippen molar-refractivity contribution >= 4 is 17.5 Å². The SMILES string of the molecule is CCOC(=O)CC(C)=N/C(=N\O)c1ccccc1. The van der Waals surface area contributed by atoms with E-state index in [1.807, 2.05) is 18.2 Å². The number of benzene rings is 1. The minimum absolute atomic E-state index is 0.0830. The van der Waals surface area contributed by atoms with Crippen LogP contribution in [-0.4, -0.2) is 29.3 Å². The fourth-order valence-corrected chi connectivity index (χ4v) is 1.37. The number of carbonyl (C=O) groups is 1. The van der Waals surface area contributed by atoms with Gasteiger partial charge in [-0.05, 0) is 13.8 Å². The number of nitrogens with zero attached hydrogens (tertiary/aromatic N) is 2. The van der Waals surface area contributed by atoms with Crippen LogP contribution in [0.25, 0.3) is 0 Å². The molecule has 18 heavy (non-hydrogen) atoms. The molecule has 1 N–H and O–H groups in total. The van der Waals surface area contributed by atoms with Gasteiger partial charge in [-0.15, -0.1) is 0 Å². The summed E-state index contributed by atoms with van der Waals surface area (Å²) < 4.78 is 4.81. The highest BCUT2D eigenvalue weighted by Gasteiger charge is 2.07. The van der Waals surface area contributed by atoms with Gasteiger partial charge >= 0.3 is 5.97 Å². The van der Waals surface area contributed by atoms with Crippen LogP contribution >= 0.6 is 0 Å². The van der Waals surface area contributed by atoms with Gasteiger partial charge in [0.2, 0.25) is 0 Å². The van der Waals surface area contributed by atoms with Crippen LogP contribution in [0.15, 0.2) is 40.5 Å². The first kappa shape index (κ1) is 13.9. The monoisotopic (exact) mass is 248 g/mol. The first-order chi connectivity index (χ1) is 8.67. The molecule has 0 fully saturated rings. The van der Waals surface area contributed by atoms with Gasteiger partial charge in [-0.3, -0.25) is 4.79 Å². The summed E-state index contributed by atoms with van der Waals surface area (Å²) >= 11 is 0. The average molecular weight is 248 g/mol. The lowest BCUT2D eigenvalue weighted by atomic mass is 10.2. The first-order valence-corrected chi connectivity index (χ1v) is 5.64. The maximum atomic E-state index is 11.3. The number of aliphatic imine (C=N–C) groups is 1. The predicted molar refractivity (Wildman–Crippen MR) is 69.1 cm³/mol. The second-order valence-electron chi connectivity index (χ2n) is 3.62. The molecule has 5 nitrogen and oxygen atoms in total. The number of amidine groups is 1. The van der Waals surface area contributed by atoms with Crippen molar-refractivity contribution < 1.29 is 14.7 Å². The van der Waals surface area contributed by atoms with Crippen molar-refractivity contribution in [3.05, 3.63) is 35.9 Å². The van der Waals surface area contributed by atoms with E-state index in [1.165, 1.54) is 0 Å². The Kier molecular flexibility index (Phi) is 5.57. The molecule has 0 atom stereocenters. The Balaban J connectivity index is 2.77. The van der Waals surface area contributed by atoms with E-state index in [-0.39, 0.29) is 18.2 Å². The molecule has 0 amide bonds. The molecular formula is C13H16N2O3. The minimum Gasteiger partial charge on any atom is -0.466 e. The Bertz CT molecular complexity index is 453. The Morgan fingerprint density at radius 2 is 2.00 bits per heavy atom. The van der Waals surface area contributed by atoms with Crippen LogP contribution in [0, 0.1) is 0 Å². The molecule has 1 aromatic carbocycles. The summed E-state index contributed by atoms with van der Waals surface area (Å²) in [5, 5.41) is 12.1. The van der Waals surface area contributed by atoms with Gasteiger partial charge in [-0.25, -0.2) is 4.99 Å². The van der Waals surface area contributed by atoms with Crippen LogP contribution in [-0.2, 0) is 9.53 Å².